The second-order valence-electron chi connectivity index (χ2n) is 5.38. The molecule has 92 valence electrons. The average molecular weight is 244 g/mol. The van der Waals surface area contributed by atoms with E-state index >= 15 is 0 Å². The van der Waals surface area contributed by atoms with Crippen LogP contribution in [0.25, 0.3) is 10.8 Å². The van der Waals surface area contributed by atoms with E-state index in [1.54, 1.807) is 5.56 Å². The summed E-state index contributed by atoms with van der Waals surface area (Å²) in [5.41, 5.74) is 6.02. The van der Waals surface area contributed by atoms with Crippen molar-refractivity contribution < 1.29 is 0 Å². The highest BCUT2D eigenvalue weighted by Gasteiger charge is 2.17. The summed E-state index contributed by atoms with van der Waals surface area (Å²) in [5, 5.41) is 2.93. The van der Waals surface area contributed by atoms with Gasteiger partial charge in [0.2, 0.25) is 0 Å². The largest absolute Gasteiger partial charge is 0.0622 e. The van der Waals surface area contributed by atoms with Crippen molar-refractivity contribution in [3.63, 3.8) is 0 Å². The van der Waals surface area contributed by atoms with E-state index in [1.807, 2.05) is 0 Å². The van der Waals surface area contributed by atoms with Crippen molar-refractivity contribution >= 4 is 10.8 Å². The fraction of sp³-hybridized carbons (Fsp3) is 0.158. The molecule has 0 nitrogen and oxygen atoms in total. The SMILES string of the molecule is c1ccc(Cc2ccc3cccc4c3c2CC4)cc1. The molecule has 0 atom stereocenters. The summed E-state index contributed by atoms with van der Waals surface area (Å²) in [5.74, 6) is 0. The molecule has 0 N–H and O–H groups in total. The zero-order valence-corrected chi connectivity index (χ0v) is 10.9. The van der Waals surface area contributed by atoms with Crippen molar-refractivity contribution in [2.75, 3.05) is 0 Å². The van der Waals surface area contributed by atoms with Gasteiger partial charge in [-0.05, 0) is 52.3 Å². The standard InChI is InChI=1S/C19H16/c1-2-5-14(6-3-1)13-17-10-9-15-7-4-8-16-11-12-18(17)19(15)16/h1-10H,11-13H2. The first-order valence-corrected chi connectivity index (χ1v) is 6.98. The topological polar surface area (TPSA) is 0 Å². The third-order valence-corrected chi connectivity index (χ3v) is 4.22. The summed E-state index contributed by atoms with van der Waals surface area (Å²) < 4.78 is 0. The first kappa shape index (κ1) is 10.8. The molecular weight excluding hydrogens is 228 g/mol. The van der Waals surface area contributed by atoms with Gasteiger partial charge in [-0.2, -0.15) is 0 Å². The first-order valence-electron chi connectivity index (χ1n) is 6.98. The molecular formula is C19H16. The summed E-state index contributed by atoms with van der Waals surface area (Å²) in [4.78, 5) is 0. The molecule has 0 fully saturated rings. The van der Waals surface area contributed by atoms with E-state index in [-0.39, 0.29) is 0 Å². The van der Waals surface area contributed by atoms with Crippen LogP contribution in [-0.4, -0.2) is 0 Å². The molecule has 4 rings (SSSR count). The molecule has 19 heavy (non-hydrogen) atoms. The van der Waals surface area contributed by atoms with Crippen LogP contribution in [0, 0.1) is 0 Å². The second kappa shape index (κ2) is 4.24. The maximum Gasteiger partial charge on any atom is -0.00228 e. The Kier molecular flexibility index (Phi) is 2.41. The zero-order valence-electron chi connectivity index (χ0n) is 10.9. The van der Waals surface area contributed by atoms with E-state index in [9.17, 15) is 0 Å². The van der Waals surface area contributed by atoms with Gasteiger partial charge in [0.15, 0.2) is 0 Å². The Balaban J connectivity index is 1.85. The highest BCUT2D eigenvalue weighted by Crippen LogP contribution is 2.33. The molecule has 0 heteroatoms. The summed E-state index contributed by atoms with van der Waals surface area (Å²) in [6.07, 6.45) is 3.47. The number of aryl methyl sites for hydroxylation is 2. The molecule has 0 unspecified atom stereocenters. The van der Waals surface area contributed by atoms with E-state index < -0.39 is 0 Å². The van der Waals surface area contributed by atoms with Crippen LogP contribution < -0.4 is 0 Å². The molecule has 0 saturated heterocycles. The molecule has 3 aromatic carbocycles. The van der Waals surface area contributed by atoms with Crippen LogP contribution in [0.3, 0.4) is 0 Å². The van der Waals surface area contributed by atoms with E-state index in [1.165, 1.54) is 40.3 Å². The zero-order chi connectivity index (χ0) is 12.7. The minimum absolute atomic E-state index is 1.06. The summed E-state index contributed by atoms with van der Waals surface area (Å²) >= 11 is 0. The van der Waals surface area contributed by atoms with Gasteiger partial charge in [0.1, 0.15) is 0 Å². The highest BCUT2D eigenvalue weighted by atomic mass is 14.2. The summed E-state index contributed by atoms with van der Waals surface area (Å²) in [7, 11) is 0. The Hall–Kier alpha value is -2.08. The average Bonchev–Trinajstić information content (AvgIpc) is 2.89. The van der Waals surface area contributed by atoms with Crippen LogP contribution in [0.2, 0.25) is 0 Å². The van der Waals surface area contributed by atoms with E-state index in [2.05, 4.69) is 60.7 Å². The fourth-order valence-electron chi connectivity index (χ4n) is 3.31. The van der Waals surface area contributed by atoms with Crippen LogP contribution in [0.4, 0.5) is 0 Å². The van der Waals surface area contributed by atoms with Crippen LogP contribution in [-0.2, 0) is 19.3 Å². The Morgan fingerprint density at radius 3 is 2.53 bits per heavy atom. The van der Waals surface area contributed by atoms with Crippen molar-refractivity contribution in [1.82, 2.24) is 0 Å². The van der Waals surface area contributed by atoms with E-state index in [4.69, 9.17) is 0 Å². The van der Waals surface area contributed by atoms with Crippen molar-refractivity contribution in [1.29, 1.82) is 0 Å². The number of benzene rings is 3. The van der Waals surface area contributed by atoms with Crippen molar-refractivity contribution in [3.05, 3.63) is 82.9 Å². The molecule has 0 aliphatic heterocycles. The summed E-state index contributed by atoms with van der Waals surface area (Å²) in [6, 6.07) is 22.1. The monoisotopic (exact) mass is 244 g/mol. The second-order valence-corrected chi connectivity index (χ2v) is 5.38. The van der Waals surface area contributed by atoms with E-state index in [0.29, 0.717) is 0 Å². The molecule has 0 saturated carbocycles. The predicted molar refractivity (Wildman–Crippen MR) is 80.6 cm³/mol. The van der Waals surface area contributed by atoms with Crippen LogP contribution in [0.1, 0.15) is 22.3 Å². The van der Waals surface area contributed by atoms with Crippen molar-refractivity contribution in [2.24, 2.45) is 0 Å². The fourth-order valence-corrected chi connectivity index (χ4v) is 3.31. The van der Waals surface area contributed by atoms with Crippen molar-refractivity contribution in [3.8, 4) is 0 Å². The molecule has 0 aromatic heterocycles. The van der Waals surface area contributed by atoms with Gasteiger partial charge in [0.05, 0.1) is 0 Å². The number of hydrogen-bond acceptors (Lipinski definition) is 0. The first-order chi connectivity index (χ1) is 9.42. The van der Waals surface area contributed by atoms with Gasteiger partial charge in [0.25, 0.3) is 0 Å². The molecule has 3 aromatic rings. The number of hydrogen-bond donors (Lipinski definition) is 0. The lowest BCUT2D eigenvalue weighted by Crippen LogP contribution is -1.94. The molecule has 0 amide bonds. The maximum atomic E-state index is 2.32. The molecule has 0 heterocycles. The van der Waals surface area contributed by atoms with Gasteiger partial charge < -0.3 is 0 Å². The normalized spacial score (nSPS) is 13.1. The Morgan fingerprint density at radius 2 is 1.63 bits per heavy atom. The summed E-state index contributed by atoms with van der Waals surface area (Å²) in [6.45, 7) is 0. The van der Waals surface area contributed by atoms with Gasteiger partial charge in [0, 0.05) is 0 Å². The highest BCUT2D eigenvalue weighted by molar-refractivity contribution is 5.91. The molecule has 0 radical (unpaired) electrons. The van der Waals surface area contributed by atoms with Gasteiger partial charge in [-0.1, -0.05) is 60.7 Å². The molecule has 1 aliphatic carbocycles. The predicted octanol–water partition coefficient (Wildman–Crippen LogP) is 4.53. The van der Waals surface area contributed by atoms with Gasteiger partial charge in [-0.3, -0.25) is 0 Å². The van der Waals surface area contributed by atoms with Crippen LogP contribution in [0.15, 0.2) is 60.7 Å². The lowest BCUT2D eigenvalue weighted by atomic mass is 9.95. The Bertz CT molecular complexity index is 739. The van der Waals surface area contributed by atoms with Gasteiger partial charge in [-0.25, -0.2) is 0 Å². The minimum atomic E-state index is 1.06. The van der Waals surface area contributed by atoms with Crippen LogP contribution in [0.5, 0.6) is 0 Å². The molecule has 0 bridgehead atoms. The lowest BCUT2D eigenvalue weighted by molar-refractivity contribution is 0.998. The molecule has 0 spiro atoms. The maximum absolute atomic E-state index is 2.32. The Labute approximate surface area is 113 Å². The minimum Gasteiger partial charge on any atom is -0.0622 e. The van der Waals surface area contributed by atoms with Gasteiger partial charge >= 0.3 is 0 Å². The van der Waals surface area contributed by atoms with Crippen LogP contribution >= 0.6 is 0 Å². The quantitative estimate of drug-likeness (QED) is 0.621. The molecule has 1 aliphatic rings. The third kappa shape index (κ3) is 1.76. The van der Waals surface area contributed by atoms with Crippen molar-refractivity contribution in [2.45, 2.75) is 19.3 Å². The Morgan fingerprint density at radius 1 is 0.737 bits per heavy atom. The lowest BCUT2D eigenvalue weighted by Gasteiger charge is -2.09. The third-order valence-electron chi connectivity index (χ3n) is 4.22. The van der Waals surface area contributed by atoms with Gasteiger partial charge in [-0.15, -0.1) is 0 Å². The van der Waals surface area contributed by atoms with E-state index in [0.717, 1.165) is 6.42 Å². The number of rotatable bonds is 2. The smallest absolute Gasteiger partial charge is 0.00228 e.